The molecule has 2 heterocycles. The highest BCUT2D eigenvalue weighted by molar-refractivity contribution is 5.88. The number of rotatable bonds is 6. The minimum absolute atomic E-state index is 0.0226. The van der Waals surface area contributed by atoms with Gasteiger partial charge in [0, 0.05) is 0 Å². The molecule has 0 amide bonds. The number of Topliss-reactive ketones (excluding diaryl/α,β-unsaturated/α-hetero) is 1. The molecule has 2 aromatic rings. The maximum absolute atomic E-state index is 11.8. The van der Waals surface area contributed by atoms with E-state index in [0.717, 1.165) is 0 Å². The molecule has 4 atom stereocenters. The van der Waals surface area contributed by atoms with Crippen molar-refractivity contribution in [3.05, 3.63) is 48.3 Å². The van der Waals surface area contributed by atoms with E-state index in [9.17, 15) is 25.2 Å². The Morgan fingerprint density at radius 3 is 1.55 bits per heavy atom. The van der Waals surface area contributed by atoms with Crippen LogP contribution in [0.2, 0.25) is 0 Å². The molecule has 20 heavy (non-hydrogen) atoms. The zero-order valence-corrected chi connectivity index (χ0v) is 10.3. The van der Waals surface area contributed by atoms with Gasteiger partial charge in [-0.2, -0.15) is 0 Å². The zero-order valence-electron chi connectivity index (χ0n) is 10.3. The standard InChI is InChI=1S/C13H14O7/c14-9(7-3-1-5-19-7)11(16)13(18)12(17)10(15)8-4-2-6-20-8/h1-6,9-12,14-17H. The van der Waals surface area contributed by atoms with E-state index in [1.54, 1.807) is 0 Å². The molecule has 0 spiro atoms. The lowest BCUT2D eigenvalue weighted by atomic mass is 9.99. The van der Waals surface area contributed by atoms with Crippen molar-refractivity contribution in [2.45, 2.75) is 24.4 Å². The lowest BCUT2D eigenvalue weighted by Gasteiger charge is -2.20. The third kappa shape index (κ3) is 2.81. The van der Waals surface area contributed by atoms with Gasteiger partial charge in [-0.3, -0.25) is 4.79 Å². The fourth-order valence-corrected chi connectivity index (χ4v) is 1.72. The summed E-state index contributed by atoms with van der Waals surface area (Å²) < 4.78 is 9.71. The summed E-state index contributed by atoms with van der Waals surface area (Å²) in [6.07, 6.45) is -4.58. The van der Waals surface area contributed by atoms with Crippen LogP contribution in [0.3, 0.4) is 0 Å². The topological polar surface area (TPSA) is 124 Å². The molecular formula is C13H14O7. The Kier molecular flexibility index (Phi) is 4.35. The fraction of sp³-hybridized carbons (Fsp3) is 0.308. The van der Waals surface area contributed by atoms with Crippen LogP contribution in [0.4, 0.5) is 0 Å². The molecular weight excluding hydrogens is 268 g/mol. The van der Waals surface area contributed by atoms with Crippen molar-refractivity contribution in [3.63, 3.8) is 0 Å². The van der Waals surface area contributed by atoms with Crippen molar-refractivity contribution in [2.24, 2.45) is 0 Å². The van der Waals surface area contributed by atoms with Gasteiger partial charge in [0.25, 0.3) is 0 Å². The minimum atomic E-state index is -1.93. The van der Waals surface area contributed by atoms with Crippen LogP contribution in [0.25, 0.3) is 0 Å². The van der Waals surface area contributed by atoms with E-state index in [1.807, 2.05) is 0 Å². The molecule has 0 aliphatic heterocycles. The second kappa shape index (κ2) is 6.02. The second-order valence-corrected chi connectivity index (χ2v) is 4.21. The van der Waals surface area contributed by atoms with Crippen molar-refractivity contribution < 1.29 is 34.1 Å². The monoisotopic (exact) mass is 282 g/mol. The van der Waals surface area contributed by atoms with Crippen LogP contribution < -0.4 is 0 Å². The second-order valence-electron chi connectivity index (χ2n) is 4.21. The quantitative estimate of drug-likeness (QED) is 0.584. The molecule has 0 fully saturated rings. The van der Waals surface area contributed by atoms with E-state index in [-0.39, 0.29) is 11.5 Å². The van der Waals surface area contributed by atoms with Gasteiger partial charge in [0.15, 0.2) is 5.78 Å². The Bertz CT molecular complexity index is 483. The van der Waals surface area contributed by atoms with Crippen LogP contribution in [0.5, 0.6) is 0 Å². The highest BCUT2D eigenvalue weighted by atomic mass is 16.4. The third-order valence-corrected chi connectivity index (χ3v) is 2.85. The van der Waals surface area contributed by atoms with Gasteiger partial charge in [-0.05, 0) is 24.3 Å². The van der Waals surface area contributed by atoms with Crippen LogP contribution >= 0.6 is 0 Å². The average Bonchev–Trinajstić information content (AvgIpc) is 3.15. The van der Waals surface area contributed by atoms with Crippen LogP contribution in [0.15, 0.2) is 45.6 Å². The first kappa shape index (κ1) is 14.5. The number of hydrogen-bond acceptors (Lipinski definition) is 7. The summed E-state index contributed by atoms with van der Waals surface area (Å²) >= 11 is 0. The van der Waals surface area contributed by atoms with Gasteiger partial charge in [-0.1, -0.05) is 0 Å². The van der Waals surface area contributed by atoms with Gasteiger partial charge >= 0.3 is 0 Å². The van der Waals surface area contributed by atoms with E-state index in [2.05, 4.69) is 0 Å². The molecule has 7 nitrogen and oxygen atoms in total. The van der Waals surface area contributed by atoms with Gasteiger partial charge < -0.3 is 29.3 Å². The zero-order chi connectivity index (χ0) is 14.7. The summed E-state index contributed by atoms with van der Waals surface area (Å²) in [5, 5.41) is 38.9. The number of carbonyl (C=O) groups is 1. The van der Waals surface area contributed by atoms with E-state index < -0.39 is 30.2 Å². The predicted octanol–water partition coefficient (Wildman–Crippen LogP) is -0.0695. The maximum atomic E-state index is 11.8. The van der Waals surface area contributed by atoms with E-state index in [4.69, 9.17) is 8.83 Å². The number of aliphatic hydroxyl groups is 4. The molecule has 7 heteroatoms. The summed E-state index contributed by atoms with van der Waals surface area (Å²) in [5.41, 5.74) is 0. The van der Waals surface area contributed by atoms with Gasteiger partial charge in [-0.25, -0.2) is 0 Å². The SMILES string of the molecule is O=C(C(O)C(O)c1ccco1)C(O)C(O)c1ccco1. The molecule has 0 aromatic carbocycles. The molecule has 0 radical (unpaired) electrons. The number of aliphatic hydroxyl groups excluding tert-OH is 4. The van der Waals surface area contributed by atoms with Crippen LogP contribution in [-0.2, 0) is 4.79 Å². The summed E-state index contributed by atoms with van der Waals surface area (Å²) in [4.78, 5) is 11.8. The molecule has 0 aliphatic carbocycles. The Morgan fingerprint density at radius 2 is 1.25 bits per heavy atom. The molecule has 2 aromatic heterocycles. The van der Waals surface area contributed by atoms with Crippen molar-refractivity contribution in [2.75, 3.05) is 0 Å². The largest absolute Gasteiger partial charge is 0.466 e. The first-order valence-electron chi connectivity index (χ1n) is 5.85. The van der Waals surface area contributed by atoms with Crippen molar-refractivity contribution in [1.29, 1.82) is 0 Å². The molecule has 108 valence electrons. The molecule has 0 saturated heterocycles. The molecule has 0 saturated carbocycles. The van der Waals surface area contributed by atoms with E-state index >= 15 is 0 Å². The first-order chi connectivity index (χ1) is 9.52. The summed E-state index contributed by atoms with van der Waals surface area (Å²) in [6.45, 7) is 0. The van der Waals surface area contributed by atoms with Gasteiger partial charge in [0.05, 0.1) is 12.5 Å². The Labute approximate surface area is 113 Å². The highest BCUT2D eigenvalue weighted by Crippen LogP contribution is 2.23. The van der Waals surface area contributed by atoms with E-state index in [0.29, 0.717) is 0 Å². The smallest absolute Gasteiger partial charge is 0.195 e. The molecule has 2 rings (SSSR count). The highest BCUT2D eigenvalue weighted by Gasteiger charge is 2.36. The van der Waals surface area contributed by atoms with Gasteiger partial charge in [0.1, 0.15) is 35.9 Å². The predicted molar refractivity (Wildman–Crippen MR) is 64.4 cm³/mol. The van der Waals surface area contributed by atoms with Crippen molar-refractivity contribution in [1.82, 2.24) is 0 Å². The number of ketones is 1. The molecule has 4 unspecified atom stereocenters. The molecule has 4 N–H and O–H groups in total. The minimum Gasteiger partial charge on any atom is -0.466 e. The fourth-order valence-electron chi connectivity index (χ4n) is 1.72. The Morgan fingerprint density at radius 1 is 0.850 bits per heavy atom. The third-order valence-electron chi connectivity index (χ3n) is 2.85. The van der Waals surface area contributed by atoms with Gasteiger partial charge in [-0.15, -0.1) is 0 Å². The normalized spacial score (nSPS) is 17.4. The van der Waals surface area contributed by atoms with E-state index in [1.165, 1.54) is 36.8 Å². The van der Waals surface area contributed by atoms with Crippen molar-refractivity contribution in [3.8, 4) is 0 Å². The average molecular weight is 282 g/mol. The van der Waals surface area contributed by atoms with Gasteiger partial charge in [0.2, 0.25) is 0 Å². The molecule has 0 aliphatic rings. The van der Waals surface area contributed by atoms with Crippen LogP contribution in [0, 0.1) is 0 Å². The Balaban J connectivity index is 2.06. The Hall–Kier alpha value is -1.93. The summed E-state index contributed by atoms with van der Waals surface area (Å²) in [7, 11) is 0. The lowest BCUT2D eigenvalue weighted by molar-refractivity contribution is -0.149. The maximum Gasteiger partial charge on any atom is 0.195 e. The first-order valence-corrected chi connectivity index (χ1v) is 5.85. The summed E-state index contributed by atoms with van der Waals surface area (Å²) in [6, 6.07) is 5.70. The number of furan rings is 2. The van der Waals surface area contributed by atoms with Crippen LogP contribution in [-0.4, -0.2) is 38.4 Å². The summed E-state index contributed by atoms with van der Waals surface area (Å²) in [5.74, 6) is -1.19. The lowest BCUT2D eigenvalue weighted by Crippen LogP contribution is -2.39. The molecule has 0 bridgehead atoms. The van der Waals surface area contributed by atoms with Crippen LogP contribution in [0.1, 0.15) is 23.7 Å². The number of hydrogen-bond donors (Lipinski definition) is 4. The number of carbonyl (C=O) groups excluding carboxylic acids is 1. The van der Waals surface area contributed by atoms with Crippen molar-refractivity contribution >= 4 is 5.78 Å².